The van der Waals surface area contributed by atoms with Crippen LogP contribution in [0.3, 0.4) is 0 Å². The maximum Gasteiger partial charge on any atom is 0.346 e. The Balaban J connectivity index is 1.32. The Labute approximate surface area is 180 Å². The van der Waals surface area contributed by atoms with E-state index in [1.54, 1.807) is 19.3 Å². The Morgan fingerprint density at radius 1 is 0.935 bits per heavy atom. The van der Waals surface area contributed by atoms with Crippen molar-refractivity contribution in [2.24, 2.45) is 7.05 Å². The van der Waals surface area contributed by atoms with Crippen LogP contribution in [-0.4, -0.2) is 31.8 Å². The highest BCUT2D eigenvalue weighted by Crippen LogP contribution is 2.19. The molecule has 2 aromatic carbocycles. The summed E-state index contributed by atoms with van der Waals surface area (Å²) in [7, 11) is 1.66. The van der Waals surface area contributed by atoms with Crippen LogP contribution in [0.15, 0.2) is 83.8 Å². The van der Waals surface area contributed by atoms with Crippen LogP contribution in [0.2, 0.25) is 0 Å². The molecule has 0 spiro atoms. The first-order valence-corrected chi connectivity index (χ1v) is 10.1. The molecule has 2 heterocycles. The highest BCUT2D eigenvalue weighted by molar-refractivity contribution is 5.78. The van der Waals surface area contributed by atoms with Crippen molar-refractivity contribution in [3.8, 4) is 22.6 Å². The molecular formula is C24H23N5O2. The largest absolute Gasteiger partial charge is 0.354 e. The van der Waals surface area contributed by atoms with Gasteiger partial charge in [-0.15, -0.1) is 5.10 Å². The van der Waals surface area contributed by atoms with E-state index < -0.39 is 0 Å². The van der Waals surface area contributed by atoms with Crippen molar-refractivity contribution >= 4 is 5.91 Å². The predicted octanol–water partition coefficient (Wildman–Crippen LogP) is 2.67. The van der Waals surface area contributed by atoms with Crippen LogP contribution in [-0.2, 0) is 24.8 Å². The molecule has 4 aromatic rings. The Bertz CT molecular complexity index is 1210. The molecule has 2 aromatic heterocycles. The van der Waals surface area contributed by atoms with Crippen LogP contribution in [0.4, 0.5) is 0 Å². The average Bonchev–Trinajstić information content (AvgIpc) is 3.09. The van der Waals surface area contributed by atoms with Crippen LogP contribution in [0.5, 0.6) is 0 Å². The second-order valence-electron chi connectivity index (χ2n) is 7.19. The summed E-state index contributed by atoms with van der Waals surface area (Å²) in [6, 6.07) is 23.5. The molecule has 7 heteroatoms. The van der Waals surface area contributed by atoms with Gasteiger partial charge in [-0.2, -0.15) is 0 Å². The summed E-state index contributed by atoms with van der Waals surface area (Å²) in [4.78, 5) is 28.9. The molecule has 31 heavy (non-hydrogen) atoms. The minimum atomic E-state index is -0.244. The van der Waals surface area contributed by atoms with Crippen LogP contribution in [0.25, 0.3) is 22.6 Å². The summed E-state index contributed by atoms with van der Waals surface area (Å²) in [6.07, 6.45) is 1.94. The van der Waals surface area contributed by atoms with E-state index in [1.807, 2.05) is 54.6 Å². The first kappa shape index (κ1) is 20.3. The molecule has 0 bridgehead atoms. The second kappa shape index (κ2) is 9.21. The zero-order valence-electron chi connectivity index (χ0n) is 17.2. The van der Waals surface area contributed by atoms with E-state index in [1.165, 1.54) is 9.25 Å². The molecule has 0 aliphatic heterocycles. The fraction of sp³-hybridized carbons (Fsp3) is 0.167. The smallest absolute Gasteiger partial charge is 0.346 e. The van der Waals surface area contributed by atoms with Gasteiger partial charge in [-0.05, 0) is 28.8 Å². The lowest BCUT2D eigenvalue weighted by Crippen LogP contribution is -2.32. The van der Waals surface area contributed by atoms with Crippen LogP contribution in [0, 0.1) is 0 Å². The Morgan fingerprint density at radius 3 is 2.35 bits per heavy atom. The monoisotopic (exact) mass is 413 g/mol. The highest BCUT2D eigenvalue weighted by Gasteiger charge is 2.13. The van der Waals surface area contributed by atoms with E-state index in [0.717, 1.165) is 16.7 Å². The molecule has 0 saturated carbocycles. The van der Waals surface area contributed by atoms with Gasteiger partial charge in [0.25, 0.3) is 0 Å². The lowest BCUT2D eigenvalue weighted by atomic mass is 10.0. The third-order valence-electron chi connectivity index (χ3n) is 5.01. The number of aromatic nitrogens is 4. The molecule has 0 atom stereocenters. The van der Waals surface area contributed by atoms with Gasteiger partial charge in [-0.25, -0.2) is 9.48 Å². The van der Waals surface area contributed by atoms with E-state index in [0.29, 0.717) is 18.1 Å². The minimum absolute atomic E-state index is 0.0959. The molecule has 156 valence electrons. The second-order valence-corrected chi connectivity index (χ2v) is 7.19. The van der Waals surface area contributed by atoms with Gasteiger partial charge in [0.2, 0.25) is 5.91 Å². The lowest BCUT2D eigenvalue weighted by Gasteiger charge is -2.06. The van der Waals surface area contributed by atoms with Crippen molar-refractivity contribution in [2.75, 3.05) is 6.54 Å². The van der Waals surface area contributed by atoms with Crippen molar-refractivity contribution in [1.29, 1.82) is 0 Å². The van der Waals surface area contributed by atoms with Crippen molar-refractivity contribution in [3.63, 3.8) is 0 Å². The number of nitrogens with one attached hydrogen (secondary N) is 1. The molecule has 4 rings (SSSR count). The fourth-order valence-corrected chi connectivity index (χ4v) is 3.35. The third kappa shape index (κ3) is 4.78. The Morgan fingerprint density at radius 2 is 1.65 bits per heavy atom. The summed E-state index contributed by atoms with van der Waals surface area (Å²) in [5, 5.41) is 7.21. The molecule has 7 nitrogen and oxygen atoms in total. The summed E-state index contributed by atoms with van der Waals surface area (Å²) >= 11 is 0. The first-order chi connectivity index (χ1) is 15.1. The molecule has 0 unspecified atom stereocenters. The number of hydrogen-bond donors (Lipinski definition) is 1. The molecule has 0 fully saturated rings. The molecule has 0 saturated heterocycles. The molecule has 1 N–H and O–H groups in total. The number of rotatable bonds is 7. The average molecular weight is 413 g/mol. The van der Waals surface area contributed by atoms with Crippen LogP contribution >= 0.6 is 0 Å². The maximum atomic E-state index is 12.4. The summed E-state index contributed by atoms with van der Waals surface area (Å²) in [6.45, 7) is 0.609. The van der Waals surface area contributed by atoms with Crippen LogP contribution < -0.4 is 11.0 Å². The molecular weight excluding hydrogens is 390 g/mol. The first-order valence-electron chi connectivity index (χ1n) is 10.1. The topological polar surface area (TPSA) is 81.8 Å². The normalized spacial score (nSPS) is 10.7. The number of carbonyl (C=O) groups excluding carboxylic acids is 1. The number of amides is 1. The van der Waals surface area contributed by atoms with Gasteiger partial charge < -0.3 is 5.32 Å². The number of nitrogens with zero attached hydrogens (tertiary/aromatic N) is 4. The Hall–Kier alpha value is -4.00. The van der Waals surface area contributed by atoms with Crippen LogP contribution in [0.1, 0.15) is 5.56 Å². The molecule has 0 aliphatic rings. The highest BCUT2D eigenvalue weighted by atomic mass is 16.2. The molecule has 0 aliphatic carbocycles. The standard InChI is InChI=1S/C24H23N5O2/c1-28-23(21-9-5-6-14-25-21)27-29(24(28)31)16-15-26-22(30)17-18-10-12-20(13-11-18)19-7-3-2-4-8-19/h2-14H,15-17H2,1H3,(H,26,30). The maximum absolute atomic E-state index is 12.4. The number of pyridine rings is 1. The SMILES string of the molecule is Cn1c(-c2ccccn2)nn(CCNC(=O)Cc2ccc(-c3ccccc3)cc2)c1=O. The van der Waals surface area contributed by atoms with E-state index in [-0.39, 0.29) is 24.6 Å². The summed E-state index contributed by atoms with van der Waals surface area (Å²) in [5.74, 6) is 0.400. The predicted molar refractivity (Wildman–Crippen MR) is 119 cm³/mol. The Kier molecular flexibility index (Phi) is 6.03. The van der Waals surface area contributed by atoms with Gasteiger partial charge in [0.15, 0.2) is 5.82 Å². The van der Waals surface area contributed by atoms with Crippen molar-refractivity contribution < 1.29 is 4.79 Å². The van der Waals surface area contributed by atoms with Gasteiger partial charge >= 0.3 is 5.69 Å². The minimum Gasteiger partial charge on any atom is -0.354 e. The van der Waals surface area contributed by atoms with E-state index in [2.05, 4.69) is 27.5 Å². The molecule has 1 amide bonds. The lowest BCUT2D eigenvalue weighted by molar-refractivity contribution is -0.120. The summed E-state index contributed by atoms with van der Waals surface area (Å²) < 4.78 is 2.80. The van der Waals surface area contributed by atoms with E-state index in [9.17, 15) is 9.59 Å². The van der Waals surface area contributed by atoms with Gasteiger partial charge in [0.05, 0.1) is 13.0 Å². The van der Waals surface area contributed by atoms with E-state index in [4.69, 9.17) is 0 Å². The zero-order valence-corrected chi connectivity index (χ0v) is 17.2. The number of carbonyl (C=O) groups is 1. The third-order valence-corrected chi connectivity index (χ3v) is 5.01. The van der Waals surface area contributed by atoms with Crippen molar-refractivity contribution in [1.82, 2.24) is 24.6 Å². The van der Waals surface area contributed by atoms with Gasteiger partial charge in [-0.3, -0.25) is 14.3 Å². The molecule has 0 radical (unpaired) electrons. The number of hydrogen-bond acceptors (Lipinski definition) is 4. The van der Waals surface area contributed by atoms with Crippen molar-refractivity contribution in [3.05, 3.63) is 95.0 Å². The number of benzene rings is 2. The summed E-state index contributed by atoms with van der Waals surface area (Å²) in [5.41, 5.74) is 3.58. The van der Waals surface area contributed by atoms with Gasteiger partial charge in [0.1, 0.15) is 5.69 Å². The van der Waals surface area contributed by atoms with Crippen molar-refractivity contribution in [2.45, 2.75) is 13.0 Å². The zero-order chi connectivity index (χ0) is 21.6. The van der Waals surface area contributed by atoms with E-state index >= 15 is 0 Å². The van der Waals surface area contributed by atoms with Gasteiger partial charge in [-0.1, -0.05) is 60.7 Å². The van der Waals surface area contributed by atoms with Gasteiger partial charge in [0, 0.05) is 19.8 Å². The quantitative estimate of drug-likeness (QED) is 0.505. The fourth-order valence-electron chi connectivity index (χ4n) is 3.35.